The molecule has 2 aromatic heterocycles. The quantitative estimate of drug-likeness (QED) is 0.288. The molecule has 10 heteroatoms. The molecular weight excluding hydrogens is 546 g/mol. The molecule has 5 rings (SSSR count). The van der Waals surface area contributed by atoms with E-state index < -0.39 is 11.8 Å². The van der Waals surface area contributed by atoms with Crippen molar-refractivity contribution >= 4 is 34.5 Å². The molecule has 0 bridgehead atoms. The molecule has 2 saturated carbocycles. The van der Waals surface area contributed by atoms with Gasteiger partial charge in [-0.05, 0) is 70.8 Å². The third-order valence-electron chi connectivity index (χ3n) is 8.93. The molecule has 3 aromatic rings. The van der Waals surface area contributed by atoms with Gasteiger partial charge in [-0.3, -0.25) is 14.4 Å². The van der Waals surface area contributed by atoms with E-state index in [1.807, 2.05) is 50.4 Å². The number of rotatable bonds is 8. The Bertz CT molecular complexity index is 1520. The predicted octanol–water partition coefficient (Wildman–Crippen LogP) is 5.88. The van der Waals surface area contributed by atoms with Crippen LogP contribution >= 0.6 is 11.8 Å². The molecule has 220 valence electrons. The van der Waals surface area contributed by atoms with Crippen LogP contribution in [-0.2, 0) is 11.3 Å². The Morgan fingerprint density at radius 3 is 2.49 bits per heavy atom. The number of aromatic amines is 1. The molecule has 2 heterocycles. The van der Waals surface area contributed by atoms with Gasteiger partial charge in [0.25, 0.3) is 11.5 Å². The highest BCUT2D eigenvalue weighted by molar-refractivity contribution is 7.98. The number of aromatic nitrogens is 2. The molecule has 2 amide bonds. The van der Waals surface area contributed by atoms with Crippen molar-refractivity contribution in [2.75, 3.05) is 6.26 Å². The normalized spacial score (nSPS) is 21.3. The number of nitrogens with zero attached hydrogens (tertiary/aromatic N) is 1. The molecule has 1 aromatic carbocycles. The number of para-hydroxylation sites is 1. The molecule has 2 aliphatic carbocycles. The van der Waals surface area contributed by atoms with E-state index in [2.05, 4.69) is 27.1 Å². The predicted molar refractivity (Wildman–Crippen MR) is 158 cm³/mol. The summed E-state index contributed by atoms with van der Waals surface area (Å²) >= 11 is 1.48. The summed E-state index contributed by atoms with van der Waals surface area (Å²) in [5, 5.41) is 6.86. The molecule has 0 aliphatic heterocycles. The van der Waals surface area contributed by atoms with Crippen LogP contribution in [-0.4, -0.2) is 39.6 Å². The number of hydrogen-bond acceptors (Lipinski definition) is 4. The first kappa shape index (κ1) is 29.4. The number of benzene rings is 1. The number of pyridine rings is 1. The first-order chi connectivity index (χ1) is 19.5. The summed E-state index contributed by atoms with van der Waals surface area (Å²) in [7, 11) is 0. The lowest BCUT2D eigenvalue weighted by Gasteiger charge is -2.37. The third kappa shape index (κ3) is 5.94. The molecule has 0 radical (unpaired) electrons. The van der Waals surface area contributed by atoms with Gasteiger partial charge in [-0.15, -0.1) is 11.8 Å². The van der Waals surface area contributed by atoms with Crippen LogP contribution in [0.1, 0.15) is 78.8 Å². The van der Waals surface area contributed by atoms with Crippen LogP contribution in [0, 0.1) is 25.7 Å². The lowest BCUT2D eigenvalue weighted by molar-refractivity contribution is -0.151. The molecule has 7 nitrogen and oxygen atoms in total. The fourth-order valence-corrected chi connectivity index (χ4v) is 7.32. The standard InChI is InChI=1S/C31H38F2N4O3S/c1-17-13-26(41-4)24(29(39)35-17)16-34-30(40)27-19(3)37(25-8-6-5-7-23(25)27)18(2)20-9-11-22(12-10-20)36-28(38)21-14-31(32,33)15-21/h5-8,13,18,20-22H,9-12,14-16H2,1-4H3,(H,34,40)(H,35,39)(H,36,38)/t18-,20?,22?/m1/s1. The molecule has 3 N–H and O–H groups in total. The average molecular weight is 585 g/mol. The van der Waals surface area contributed by atoms with Gasteiger partial charge in [-0.2, -0.15) is 0 Å². The highest BCUT2D eigenvalue weighted by atomic mass is 32.2. The molecule has 0 unspecified atom stereocenters. The van der Waals surface area contributed by atoms with Gasteiger partial charge >= 0.3 is 0 Å². The monoisotopic (exact) mass is 584 g/mol. The van der Waals surface area contributed by atoms with Crippen molar-refractivity contribution in [3.63, 3.8) is 0 Å². The zero-order valence-electron chi connectivity index (χ0n) is 24.0. The average Bonchev–Trinajstić information content (AvgIpc) is 3.22. The van der Waals surface area contributed by atoms with Crippen LogP contribution in [0.2, 0.25) is 0 Å². The number of fused-ring (bicyclic) bond motifs is 1. The third-order valence-corrected chi connectivity index (χ3v) is 9.73. The minimum atomic E-state index is -2.70. The second-order valence-corrected chi connectivity index (χ2v) is 12.5. The van der Waals surface area contributed by atoms with Crippen LogP contribution in [0.4, 0.5) is 8.78 Å². The number of amides is 2. The molecule has 0 saturated heterocycles. The molecule has 1 atom stereocenters. The molecular formula is C31H38F2N4O3S. The number of aryl methyl sites for hydroxylation is 1. The van der Waals surface area contributed by atoms with E-state index in [0.29, 0.717) is 17.0 Å². The maximum absolute atomic E-state index is 13.6. The Balaban J connectivity index is 1.29. The van der Waals surface area contributed by atoms with Gasteiger partial charge in [0.05, 0.1) is 5.56 Å². The molecule has 2 aliphatic rings. The second kappa shape index (κ2) is 11.6. The summed E-state index contributed by atoms with van der Waals surface area (Å²) in [4.78, 5) is 42.2. The van der Waals surface area contributed by atoms with Gasteiger partial charge in [0.15, 0.2) is 0 Å². The summed E-state index contributed by atoms with van der Waals surface area (Å²) in [6, 6.07) is 9.94. The number of carbonyl (C=O) groups excluding carboxylic acids is 2. The lowest BCUT2D eigenvalue weighted by Crippen LogP contribution is -2.48. The SMILES string of the molecule is CSc1cc(C)[nH]c(=O)c1CNC(=O)c1c(C)n([C@H](C)C2CCC(NC(=O)C3CC(F)(F)C3)CC2)c2ccccc12. The van der Waals surface area contributed by atoms with Crippen molar-refractivity contribution < 1.29 is 18.4 Å². The maximum Gasteiger partial charge on any atom is 0.254 e. The van der Waals surface area contributed by atoms with E-state index in [1.54, 1.807) is 0 Å². The maximum atomic E-state index is 13.6. The van der Waals surface area contributed by atoms with Crippen LogP contribution in [0.25, 0.3) is 10.9 Å². The highest BCUT2D eigenvalue weighted by Gasteiger charge is 2.49. The van der Waals surface area contributed by atoms with E-state index in [9.17, 15) is 23.2 Å². The summed E-state index contributed by atoms with van der Waals surface area (Å²) in [5.41, 5.74) is 3.60. The topological polar surface area (TPSA) is 96.0 Å². The van der Waals surface area contributed by atoms with Gasteiger partial charge in [0.2, 0.25) is 11.8 Å². The van der Waals surface area contributed by atoms with E-state index in [1.165, 1.54) is 11.8 Å². The van der Waals surface area contributed by atoms with Crippen LogP contribution in [0.15, 0.2) is 40.0 Å². The lowest BCUT2D eigenvalue weighted by atomic mass is 9.79. The summed E-state index contributed by atoms with van der Waals surface area (Å²) in [5.74, 6) is -3.39. The number of alkyl halides is 2. The summed E-state index contributed by atoms with van der Waals surface area (Å²) in [6.07, 6.45) is 4.62. The van der Waals surface area contributed by atoms with Gasteiger partial charge in [0.1, 0.15) is 0 Å². The number of thioether (sulfide) groups is 1. The van der Waals surface area contributed by atoms with Crippen molar-refractivity contribution in [2.45, 2.75) is 88.7 Å². The Hall–Kier alpha value is -3.14. The van der Waals surface area contributed by atoms with Gasteiger partial charge in [-0.1, -0.05) is 18.2 Å². The molecule has 41 heavy (non-hydrogen) atoms. The largest absolute Gasteiger partial charge is 0.353 e. The number of hydrogen-bond donors (Lipinski definition) is 3. The fraction of sp³-hybridized carbons (Fsp3) is 0.516. The van der Waals surface area contributed by atoms with Gasteiger partial charge in [0, 0.05) is 70.1 Å². The van der Waals surface area contributed by atoms with Crippen molar-refractivity contribution in [1.29, 1.82) is 0 Å². The van der Waals surface area contributed by atoms with Crippen LogP contribution in [0.3, 0.4) is 0 Å². The smallest absolute Gasteiger partial charge is 0.254 e. The second-order valence-electron chi connectivity index (χ2n) is 11.7. The Labute approximate surface area is 242 Å². The first-order valence-electron chi connectivity index (χ1n) is 14.3. The van der Waals surface area contributed by atoms with Crippen LogP contribution < -0.4 is 16.2 Å². The summed E-state index contributed by atoms with van der Waals surface area (Å²) in [6.45, 7) is 6.12. The number of H-pyrrole nitrogens is 1. The van der Waals surface area contributed by atoms with E-state index >= 15 is 0 Å². The van der Waals surface area contributed by atoms with E-state index in [0.717, 1.165) is 52.9 Å². The Morgan fingerprint density at radius 1 is 1.15 bits per heavy atom. The Kier molecular flexibility index (Phi) is 8.32. The zero-order chi connectivity index (χ0) is 29.5. The van der Waals surface area contributed by atoms with E-state index in [4.69, 9.17) is 0 Å². The number of halogens is 2. The van der Waals surface area contributed by atoms with Crippen molar-refractivity contribution in [3.05, 3.63) is 63.2 Å². The van der Waals surface area contributed by atoms with Crippen molar-refractivity contribution in [1.82, 2.24) is 20.2 Å². The highest BCUT2D eigenvalue weighted by Crippen LogP contribution is 2.43. The fourth-order valence-electron chi connectivity index (χ4n) is 6.62. The van der Waals surface area contributed by atoms with Gasteiger partial charge in [-0.25, -0.2) is 8.78 Å². The van der Waals surface area contributed by atoms with Gasteiger partial charge < -0.3 is 20.2 Å². The zero-order valence-corrected chi connectivity index (χ0v) is 24.8. The minimum absolute atomic E-state index is 0.0140. The Morgan fingerprint density at radius 2 is 1.83 bits per heavy atom. The number of carbonyl (C=O) groups is 2. The molecule has 2 fully saturated rings. The van der Waals surface area contributed by atoms with E-state index in [-0.39, 0.29) is 48.8 Å². The number of nitrogens with one attached hydrogen (secondary N) is 3. The van der Waals surface area contributed by atoms with Crippen molar-refractivity contribution in [2.24, 2.45) is 11.8 Å². The van der Waals surface area contributed by atoms with Crippen LogP contribution in [0.5, 0.6) is 0 Å². The van der Waals surface area contributed by atoms with Crippen molar-refractivity contribution in [3.8, 4) is 0 Å². The minimum Gasteiger partial charge on any atom is -0.353 e. The molecule has 0 spiro atoms. The summed E-state index contributed by atoms with van der Waals surface area (Å²) < 4.78 is 28.6. The first-order valence-corrected chi connectivity index (χ1v) is 15.5.